The summed E-state index contributed by atoms with van der Waals surface area (Å²) in [5.74, 6) is 0.656. The number of benzene rings is 1. The first-order chi connectivity index (χ1) is 13.1. The second kappa shape index (κ2) is 8.83. The van der Waals surface area contributed by atoms with Crippen LogP contribution in [0.2, 0.25) is 0 Å². The van der Waals surface area contributed by atoms with Crippen molar-refractivity contribution in [2.45, 2.75) is 26.0 Å². The molecule has 0 radical (unpaired) electrons. The van der Waals surface area contributed by atoms with Gasteiger partial charge in [0.15, 0.2) is 5.96 Å². The summed E-state index contributed by atoms with van der Waals surface area (Å²) < 4.78 is 1.84. The maximum Gasteiger partial charge on any atom is 0.191 e. The molecule has 0 amide bonds. The Hall–Kier alpha value is -2.64. The second-order valence-corrected chi connectivity index (χ2v) is 7.33. The summed E-state index contributed by atoms with van der Waals surface area (Å²) in [4.78, 5) is 5.51. The lowest BCUT2D eigenvalue weighted by Gasteiger charge is -2.23. The average Bonchev–Trinajstić information content (AvgIpc) is 3.37. The summed E-state index contributed by atoms with van der Waals surface area (Å²) in [6.07, 6.45) is 1.93. The van der Waals surface area contributed by atoms with E-state index in [0.29, 0.717) is 19.0 Å². The number of hydrogen-bond acceptors (Lipinski definition) is 4. The van der Waals surface area contributed by atoms with E-state index in [-0.39, 0.29) is 0 Å². The van der Waals surface area contributed by atoms with Crippen molar-refractivity contribution in [2.75, 3.05) is 13.1 Å². The molecule has 0 saturated heterocycles. The number of aliphatic imine (C=N–C) groups is 1. The van der Waals surface area contributed by atoms with Gasteiger partial charge in [0.2, 0.25) is 0 Å². The maximum absolute atomic E-state index is 10.7. The summed E-state index contributed by atoms with van der Waals surface area (Å²) in [6.45, 7) is 5.38. The van der Waals surface area contributed by atoms with Crippen LogP contribution in [0.1, 0.15) is 24.4 Å². The van der Waals surface area contributed by atoms with Gasteiger partial charge in [0.05, 0.1) is 24.5 Å². The maximum atomic E-state index is 10.7. The van der Waals surface area contributed by atoms with E-state index in [4.69, 9.17) is 0 Å². The fourth-order valence-corrected chi connectivity index (χ4v) is 3.39. The highest BCUT2D eigenvalue weighted by Gasteiger charge is 2.24. The molecule has 0 aliphatic rings. The standard InChI is InChI=1S/C20H25N5OS/c1-3-21-19(23-15-20(2,26)18-10-7-13-27-18)22-14-16-11-12-25(24-16)17-8-5-4-6-9-17/h4-13,26H,3,14-15H2,1-2H3,(H2,21,22,23). The summed E-state index contributed by atoms with van der Waals surface area (Å²) >= 11 is 1.54. The van der Waals surface area contributed by atoms with Gasteiger partial charge in [-0.1, -0.05) is 24.3 Å². The minimum Gasteiger partial charge on any atom is -0.383 e. The summed E-state index contributed by atoms with van der Waals surface area (Å²) in [6, 6.07) is 15.8. The molecule has 0 spiro atoms. The highest BCUT2D eigenvalue weighted by Crippen LogP contribution is 2.24. The number of nitrogens with zero attached hydrogens (tertiary/aromatic N) is 3. The van der Waals surface area contributed by atoms with Crippen LogP contribution in [0.5, 0.6) is 0 Å². The van der Waals surface area contributed by atoms with Crippen LogP contribution in [0, 0.1) is 0 Å². The molecule has 3 aromatic rings. The number of thiophene rings is 1. The monoisotopic (exact) mass is 383 g/mol. The van der Waals surface area contributed by atoms with Crippen molar-refractivity contribution in [2.24, 2.45) is 4.99 Å². The van der Waals surface area contributed by atoms with Gasteiger partial charge in [-0.05, 0) is 43.5 Å². The van der Waals surface area contributed by atoms with Crippen molar-refractivity contribution in [3.05, 3.63) is 70.7 Å². The molecule has 2 aromatic heterocycles. The van der Waals surface area contributed by atoms with Crippen LogP contribution in [0.3, 0.4) is 0 Å². The average molecular weight is 384 g/mol. The molecular weight excluding hydrogens is 358 g/mol. The van der Waals surface area contributed by atoms with Gasteiger partial charge in [-0.25, -0.2) is 9.67 Å². The summed E-state index contributed by atoms with van der Waals surface area (Å²) in [5, 5.41) is 23.6. The third kappa shape index (κ3) is 5.18. The zero-order valence-corrected chi connectivity index (χ0v) is 16.4. The minimum absolute atomic E-state index is 0.373. The quantitative estimate of drug-likeness (QED) is 0.433. The van der Waals surface area contributed by atoms with Crippen LogP contribution in [-0.2, 0) is 12.1 Å². The Kier molecular flexibility index (Phi) is 6.26. The van der Waals surface area contributed by atoms with Gasteiger partial charge >= 0.3 is 0 Å². The van der Waals surface area contributed by atoms with Crippen molar-refractivity contribution >= 4 is 17.3 Å². The van der Waals surface area contributed by atoms with E-state index < -0.39 is 5.60 Å². The Morgan fingerprint density at radius 3 is 2.70 bits per heavy atom. The van der Waals surface area contributed by atoms with Crippen LogP contribution in [0.4, 0.5) is 0 Å². The Bertz CT molecular complexity index is 856. The van der Waals surface area contributed by atoms with E-state index >= 15 is 0 Å². The van der Waals surface area contributed by atoms with Gasteiger partial charge in [-0.15, -0.1) is 11.3 Å². The fraction of sp³-hybridized carbons (Fsp3) is 0.300. The molecule has 0 bridgehead atoms. The van der Waals surface area contributed by atoms with Gasteiger partial charge in [-0.2, -0.15) is 5.10 Å². The first-order valence-electron chi connectivity index (χ1n) is 8.97. The Balaban J connectivity index is 1.63. The molecule has 0 aliphatic heterocycles. The lowest BCUT2D eigenvalue weighted by atomic mass is 10.1. The Labute approximate surface area is 163 Å². The molecule has 1 aromatic carbocycles. The topological polar surface area (TPSA) is 74.5 Å². The predicted molar refractivity (Wildman–Crippen MR) is 110 cm³/mol. The van der Waals surface area contributed by atoms with E-state index in [2.05, 4.69) is 20.7 Å². The minimum atomic E-state index is -0.945. The molecule has 27 heavy (non-hydrogen) atoms. The van der Waals surface area contributed by atoms with E-state index in [9.17, 15) is 5.11 Å². The largest absolute Gasteiger partial charge is 0.383 e. The normalized spacial score (nSPS) is 14.0. The molecule has 1 atom stereocenters. The lowest BCUT2D eigenvalue weighted by Crippen LogP contribution is -2.44. The number of guanidine groups is 1. The molecule has 0 saturated carbocycles. The van der Waals surface area contributed by atoms with Crippen LogP contribution in [0.15, 0.2) is 65.1 Å². The number of rotatable bonds is 7. The van der Waals surface area contributed by atoms with Crippen molar-refractivity contribution in [3.63, 3.8) is 0 Å². The van der Waals surface area contributed by atoms with E-state index in [0.717, 1.165) is 22.8 Å². The molecule has 7 heteroatoms. The van der Waals surface area contributed by atoms with Crippen LogP contribution < -0.4 is 10.6 Å². The fourth-order valence-electron chi connectivity index (χ4n) is 2.60. The van der Waals surface area contributed by atoms with E-state index in [1.54, 1.807) is 18.3 Å². The van der Waals surface area contributed by atoms with Gasteiger partial charge in [0.25, 0.3) is 0 Å². The zero-order chi connectivity index (χ0) is 19.1. The number of hydrogen-bond donors (Lipinski definition) is 3. The zero-order valence-electron chi connectivity index (χ0n) is 15.6. The van der Waals surface area contributed by atoms with Crippen molar-refractivity contribution in [1.82, 2.24) is 20.4 Å². The number of aliphatic hydroxyl groups is 1. The molecule has 6 nitrogen and oxygen atoms in total. The molecule has 2 heterocycles. The van der Waals surface area contributed by atoms with Gasteiger partial charge in [-0.3, -0.25) is 0 Å². The third-order valence-electron chi connectivity index (χ3n) is 4.06. The van der Waals surface area contributed by atoms with Gasteiger partial charge in [0, 0.05) is 17.6 Å². The molecule has 0 fully saturated rings. The van der Waals surface area contributed by atoms with Crippen LogP contribution in [0.25, 0.3) is 5.69 Å². The Morgan fingerprint density at radius 1 is 1.19 bits per heavy atom. The van der Waals surface area contributed by atoms with Crippen LogP contribution >= 0.6 is 11.3 Å². The number of aromatic nitrogens is 2. The highest BCUT2D eigenvalue weighted by atomic mass is 32.1. The molecule has 1 unspecified atom stereocenters. The predicted octanol–water partition coefficient (Wildman–Crippen LogP) is 2.90. The molecule has 3 rings (SSSR count). The highest BCUT2D eigenvalue weighted by molar-refractivity contribution is 7.10. The van der Waals surface area contributed by atoms with Crippen molar-refractivity contribution < 1.29 is 5.11 Å². The summed E-state index contributed by atoms with van der Waals surface area (Å²) in [5.41, 5.74) is 0.949. The summed E-state index contributed by atoms with van der Waals surface area (Å²) in [7, 11) is 0. The SMILES string of the molecule is CCNC(=NCc1ccn(-c2ccccc2)n1)NCC(C)(O)c1cccs1. The van der Waals surface area contributed by atoms with E-state index in [1.807, 2.05) is 71.7 Å². The Morgan fingerprint density at radius 2 is 2.00 bits per heavy atom. The van der Waals surface area contributed by atoms with Gasteiger partial charge < -0.3 is 15.7 Å². The third-order valence-corrected chi connectivity index (χ3v) is 5.18. The van der Waals surface area contributed by atoms with Crippen molar-refractivity contribution in [3.8, 4) is 5.69 Å². The van der Waals surface area contributed by atoms with Gasteiger partial charge in [0.1, 0.15) is 5.60 Å². The number of para-hydroxylation sites is 1. The van der Waals surface area contributed by atoms with Crippen LogP contribution in [-0.4, -0.2) is 33.9 Å². The smallest absolute Gasteiger partial charge is 0.191 e. The molecule has 0 aliphatic carbocycles. The molecular formula is C20H25N5OS. The first kappa shape index (κ1) is 19.1. The second-order valence-electron chi connectivity index (χ2n) is 6.39. The molecule has 3 N–H and O–H groups in total. The number of nitrogens with one attached hydrogen (secondary N) is 2. The van der Waals surface area contributed by atoms with Crippen molar-refractivity contribution in [1.29, 1.82) is 0 Å². The first-order valence-corrected chi connectivity index (χ1v) is 9.85. The molecule has 142 valence electrons. The lowest BCUT2D eigenvalue weighted by molar-refractivity contribution is 0.0655. The van der Waals surface area contributed by atoms with E-state index in [1.165, 1.54) is 0 Å².